The Hall–Kier alpha value is -1.31. The molecular weight excluding hydrogens is 306 g/mol. The van der Waals surface area contributed by atoms with Crippen LogP contribution in [0.4, 0.5) is 0 Å². The summed E-state index contributed by atoms with van der Waals surface area (Å²) in [6.07, 6.45) is 0.615. The molecule has 122 valence electrons. The van der Waals surface area contributed by atoms with Gasteiger partial charge in [0.2, 0.25) is 16.8 Å². The molecule has 0 spiro atoms. The van der Waals surface area contributed by atoms with E-state index < -0.39 is 15.6 Å². The van der Waals surface area contributed by atoms with Gasteiger partial charge >= 0.3 is 0 Å². The molecule has 1 fully saturated rings. The topological polar surface area (TPSA) is 73.9 Å². The van der Waals surface area contributed by atoms with Gasteiger partial charge in [0.15, 0.2) is 11.5 Å². The number of benzene rings is 1. The Morgan fingerprint density at radius 1 is 1.14 bits per heavy atom. The van der Waals surface area contributed by atoms with Crippen LogP contribution < -0.4 is 14.2 Å². The molecule has 1 N–H and O–H groups in total. The molecule has 3 rings (SSSR count). The molecular formula is C15H21NO5S. The molecule has 2 heterocycles. The normalized spacial score (nSPS) is 25.4. The average molecular weight is 327 g/mol. The molecule has 6 nitrogen and oxygen atoms in total. The van der Waals surface area contributed by atoms with E-state index in [1.807, 2.05) is 27.7 Å². The third-order valence-corrected chi connectivity index (χ3v) is 5.50. The first kappa shape index (κ1) is 15.6. The molecule has 1 unspecified atom stereocenters. The highest BCUT2D eigenvalue weighted by Gasteiger charge is 2.47. The van der Waals surface area contributed by atoms with Crippen molar-refractivity contribution >= 4 is 10.0 Å². The van der Waals surface area contributed by atoms with Crippen LogP contribution in [0.2, 0.25) is 0 Å². The second kappa shape index (κ2) is 4.84. The molecule has 1 aromatic carbocycles. The van der Waals surface area contributed by atoms with Crippen LogP contribution in [0.5, 0.6) is 11.5 Å². The van der Waals surface area contributed by atoms with Gasteiger partial charge in [-0.25, -0.2) is 13.1 Å². The minimum absolute atomic E-state index is 0.115. The molecule has 0 saturated carbocycles. The minimum Gasteiger partial charge on any atom is -0.454 e. The van der Waals surface area contributed by atoms with E-state index in [0.29, 0.717) is 17.9 Å². The van der Waals surface area contributed by atoms with E-state index in [9.17, 15) is 8.42 Å². The van der Waals surface area contributed by atoms with E-state index in [1.54, 1.807) is 6.07 Å². The summed E-state index contributed by atoms with van der Waals surface area (Å²) in [7, 11) is -3.65. The Bertz CT molecular complexity index is 696. The fourth-order valence-corrected chi connectivity index (χ4v) is 4.43. The molecule has 1 aromatic rings. The molecule has 0 aromatic heterocycles. The lowest BCUT2D eigenvalue weighted by molar-refractivity contribution is -0.0684. The van der Waals surface area contributed by atoms with Crippen LogP contribution in [0.1, 0.15) is 34.1 Å². The number of fused-ring (bicyclic) bond motifs is 1. The zero-order valence-corrected chi connectivity index (χ0v) is 14.0. The number of rotatable bonds is 3. The predicted octanol–water partition coefficient (Wildman–Crippen LogP) is 2.04. The van der Waals surface area contributed by atoms with Gasteiger partial charge in [-0.1, -0.05) is 0 Å². The molecule has 0 bridgehead atoms. The lowest BCUT2D eigenvalue weighted by atomic mass is 9.96. The Labute approximate surface area is 130 Å². The molecule has 22 heavy (non-hydrogen) atoms. The first-order valence-electron chi connectivity index (χ1n) is 7.21. The first-order chi connectivity index (χ1) is 10.1. The van der Waals surface area contributed by atoms with Crippen molar-refractivity contribution in [1.29, 1.82) is 0 Å². The second-order valence-electron chi connectivity index (χ2n) is 6.86. The van der Waals surface area contributed by atoms with Gasteiger partial charge in [0.05, 0.1) is 22.1 Å². The van der Waals surface area contributed by atoms with E-state index >= 15 is 0 Å². The van der Waals surface area contributed by atoms with Crippen LogP contribution in [-0.2, 0) is 14.8 Å². The summed E-state index contributed by atoms with van der Waals surface area (Å²) in [6, 6.07) is 4.32. The number of ether oxygens (including phenoxy) is 3. The summed E-state index contributed by atoms with van der Waals surface area (Å²) >= 11 is 0. The molecule has 2 aliphatic rings. The smallest absolute Gasteiger partial charge is 0.241 e. The molecule has 1 saturated heterocycles. The van der Waals surface area contributed by atoms with E-state index in [-0.39, 0.29) is 23.3 Å². The maximum atomic E-state index is 12.6. The Morgan fingerprint density at radius 2 is 1.82 bits per heavy atom. The van der Waals surface area contributed by atoms with Crippen molar-refractivity contribution in [2.24, 2.45) is 0 Å². The third-order valence-electron chi connectivity index (χ3n) is 4.03. The summed E-state index contributed by atoms with van der Waals surface area (Å²) in [6.45, 7) is 7.83. The quantitative estimate of drug-likeness (QED) is 0.919. The van der Waals surface area contributed by atoms with Crippen molar-refractivity contribution in [3.05, 3.63) is 18.2 Å². The summed E-state index contributed by atoms with van der Waals surface area (Å²) in [5.41, 5.74) is -0.918. The lowest BCUT2D eigenvalue weighted by Gasteiger charge is -2.27. The molecule has 0 amide bonds. The van der Waals surface area contributed by atoms with Gasteiger partial charge in [-0.3, -0.25) is 0 Å². The zero-order chi connectivity index (χ0) is 16.2. The van der Waals surface area contributed by atoms with Crippen LogP contribution in [0.25, 0.3) is 0 Å². The summed E-state index contributed by atoms with van der Waals surface area (Å²) in [5.74, 6) is 1.01. The van der Waals surface area contributed by atoms with Crippen molar-refractivity contribution < 1.29 is 22.6 Å². The molecule has 7 heteroatoms. The van der Waals surface area contributed by atoms with Crippen molar-refractivity contribution in [2.45, 2.75) is 56.3 Å². The van der Waals surface area contributed by atoms with Gasteiger partial charge in [-0.05, 0) is 46.2 Å². The van der Waals surface area contributed by atoms with Crippen molar-refractivity contribution in [1.82, 2.24) is 4.72 Å². The average Bonchev–Trinajstić information content (AvgIpc) is 2.89. The monoisotopic (exact) mass is 327 g/mol. The molecule has 0 aliphatic carbocycles. The highest BCUT2D eigenvalue weighted by molar-refractivity contribution is 7.89. The Morgan fingerprint density at radius 3 is 2.45 bits per heavy atom. The first-order valence-corrected chi connectivity index (χ1v) is 8.70. The predicted molar refractivity (Wildman–Crippen MR) is 80.5 cm³/mol. The zero-order valence-electron chi connectivity index (χ0n) is 13.2. The third kappa shape index (κ3) is 2.80. The van der Waals surface area contributed by atoms with E-state index in [0.717, 1.165) is 0 Å². The SMILES string of the molecule is CC1(C)CC(NS(=O)(=O)c2ccc3c(c2)OCO3)C(C)(C)O1. The van der Waals surface area contributed by atoms with Crippen LogP contribution in [0.15, 0.2) is 23.1 Å². The van der Waals surface area contributed by atoms with Crippen molar-refractivity contribution in [2.75, 3.05) is 6.79 Å². The lowest BCUT2D eigenvalue weighted by Crippen LogP contribution is -2.46. The van der Waals surface area contributed by atoms with Crippen molar-refractivity contribution in [3.8, 4) is 11.5 Å². The Balaban J connectivity index is 1.85. The van der Waals surface area contributed by atoms with Crippen LogP contribution in [-0.4, -0.2) is 32.5 Å². The summed E-state index contributed by atoms with van der Waals surface area (Å²) in [4.78, 5) is 0.164. The maximum Gasteiger partial charge on any atom is 0.241 e. The van der Waals surface area contributed by atoms with Crippen molar-refractivity contribution in [3.63, 3.8) is 0 Å². The Kier molecular flexibility index (Phi) is 3.43. The standard InChI is InChI=1S/C15H21NO5S/c1-14(2)8-13(15(3,4)21-14)16-22(17,18)10-5-6-11-12(7-10)20-9-19-11/h5-7,13,16H,8-9H2,1-4H3. The fourth-order valence-electron chi connectivity index (χ4n) is 3.05. The fraction of sp³-hybridized carbons (Fsp3) is 0.600. The number of hydrogen-bond donors (Lipinski definition) is 1. The largest absolute Gasteiger partial charge is 0.454 e. The van der Waals surface area contributed by atoms with Gasteiger partial charge in [0, 0.05) is 6.07 Å². The summed E-state index contributed by atoms with van der Waals surface area (Å²) < 4.78 is 44.4. The van der Waals surface area contributed by atoms with Gasteiger partial charge in [-0.2, -0.15) is 0 Å². The number of sulfonamides is 1. The van der Waals surface area contributed by atoms with Crippen LogP contribution in [0.3, 0.4) is 0 Å². The van der Waals surface area contributed by atoms with Gasteiger partial charge in [0.1, 0.15) is 0 Å². The van der Waals surface area contributed by atoms with Crippen LogP contribution >= 0.6 is 0 Å². The van der Waals surface area contributed by atoms with Gasteiger partial charge < -0.3 is 14.2 Å². The number of hydrogen-bond acceptors (Lipinski definition) is 5. The molecule has 1 atom stereocenters. The summed E-state index contributed by atoms with van der Waals surface area (Å²) in [5, 5.41) is 0. The van der Waals surface area contributed by atoms with Gasteiger partial charge in [-0.15, -0.1) is 0 Å². The minimum atomic E-state index is -3.65. The van der Waals surface area contributed by atoms with Crippen LogP contribution in [0, 0.1) is 0 Å². The van der Waals surface area contributed by atoms with E-state index in [4.69, 9.17) is 14.2 Å². The van der Waals surface area contributed by atoms with E-state index in [2.05, 4.69) is 4.72 Å². The highest BCUT2D eigenvalue weighted by Crippen LogP contribution is 2.38. The van der Waals surface area contributed by atoms with Gasteiger partial charge in [0.25, 0.3) is 0 Å². The van der Waals surface area contributed by atoms with E-state index in [1.165, 1.54) is 12.1 Å². The second-order valence-corrected chi connectivity index (χ2v) is 8.57. The maximum absolute atomic E-state index is 12.6. The molecule has 2 aliphatic heterocycles. The highest BCUT2D eigenvalue weighted by atomic mass is 32.2. The molecule has 0 radical (unpaired) electrons. The number of nitrogens with one attached hydrogen (secondary N) is 1.